The molecule has 0 saturated heterocycles. The fourth-order valence-electron chi connectivity index (χ4n) is 2.39. The Morgan fingerprint density at radius 2 is 2.04 bits per heavy atom. The summed E-state index contributed by atoms with van der Waals surface area (Å²) in [5.41, 5.74) is 4.34. The minimum absolute atomic E-state index is 0.0524. The Kier molecular flexibility index (Phi) is 4.39. The third kappa shape index (κ3) is 3.56. The van der Waals surface area contributed by atoms with Crippen LogP contribution in [0.2, 0.25) is 0 Å². The number of thioether (sulfide) groups is 1. The quantitative estimate of drug-likeness (QED) is 0.873. The lowest BCUT2D eigenvalue weighted by Crippen LogP contribution is -2.19. The van der Waals surface area contributed by atoms with E-state index in [1.807, 2.05) is 38.1 Å². The summed E-state index contributed by atoms with van der Waals surface area (Å²) in [6.45, 7) is 4.24. The molecule has 0 aliphatic carbocycles. The third-order valence-electron chi connectivity index (χ3n) is 3.71. The molecule has 2 aromatic carbocycles. The van der Waals surface area contributed by atoms with Crippen molar-refractivity contribution < 1.29 is 14.3 Å². The number of rotatable bonds is 3. The van der Waals surface area contributed by atoms with E-state index in [0.717, 1.165) is 21.6 Å². The Bertz CT molecular complexity index is 786. The molecule has 5 heteroatoms. The number of aryl methyl sites for hydroxylation is 2. The molecule has 0 bridgehead atoms. The summed E-state index contributed by atoms with van der Waals surface area (Å²) < 4.78 is 5.41. The van der Waals surface area contributed by atoms with Crippen molar-refractivity contribution in [3.8, 4) is 0 Å². The topological polar surface area (TPSA) is 55.4 Å². The number of amides is 1. The van der Waals surface area contributed by atoms with Crippen molar-refractivity contribution in [3.63, 3.8) is 0 Å². The molecule has 118 valence electrons. The van der Waals surface area contributed by atoms with Crippen molar-refractivity contribution in [2.45, 2.75) is 25.3 Å². The van der Waals surface area contributed by atoms with Gasteiger partial charge in [0.15, 0.2) is 0 Å². The first kappa shape index (κ1) is 15.6. The number of nitrogens with one attached hydrogen (secondary N) is 1. The molecule has 0 radical (unpaired) electrons. The van der Waals surface area contributed by atoms with Crippen LogP contribution in [0.3, 0.4) is 0 Å². The van der Waals surface area contributed by atoms with Gasteiger partial charge in [0, 0.05) is 4.90 Å². The number of benzene rings is 2. The number of carbonyl (C=O) groups is 2. The van der Waals surface area contributed by atoms with Gasteiger partial charge in [0.25, 0.3) is 0 Å². The molecule has 3 rings (SSSR count). The minimum Gasteiger partial charge on any atom is -0.457 e. The minimum atomic E-state index is -0.390. The van der Waals surface area contributed by atoms with Gasteiger partial charge in [-0.1, -0.05) is 23.8 Å². The molecule has 0 spiro atoms. The van der Waals surface area contributed by atoms with Crippen molar-refractivity contribution in [2.75, 3.05) is 11.1 Å². The number of esters is 1. The van der Waals surface area contributed by atoms with Crippen molar-refractivity contribution in [2.24, 2.45) is 0 Å². The Morgan fingerprint density at radius 1 is 1.22 bits per heavy atom. The van der Waals surface area contributed by atoms with Gasteiger partial charge in [-0.3, -0.25) is 4.79 Å². The Balaban J connectivity index is 1.72. The van der Waals surface area contributed by atoms with E-state index in [1.54, 1.807) is 12.1 Å². The molecule has 23 heavy (non-hydrogen) atoms. The number of hydrogen-bond donors (Lipinski definition) is 1. The highest BCUT2D eigenvalue weighted by molar-refractivity contribution is 8.00. The molecule has 1 heterocycles. The second-order valence-corrected chi connectivity index (χ2v) is 6.57. The maximum atomic E-state index is 12.2. The first-order valence-electron chi connectivity index (χ1n) is 7.33. The van der Waals surface area contributed by atoms with E-state index in [2.05, 4.69) is 5.32 Å². The summed E-state index contributed by atoms with van der Waals surface area (Å²) in [6.07, 6.45) is 0. The number of fused-ring (bicyclic) bond motifs is 1. The average Bonchev–Trinajstić information content (AvgIpc) is 2.54. The standard InChI is InChI=1S/C18H17NO3S/c1-11-3-4-12(2)14(7-11)9-22-18(21)13-5-6-16-15(8-13)19-17(20)10-23-16/h3-8H,9-10H2,1-2H3,(H,19,20). The molecule has 0 unspecified atom stereocenters. The molecule has 2 aromatic rings. The molecular formula is C18H17NO3S. The van der Waals surface area contributed by atoms with Crippen LogP contribution >= 0.6 is 11.8 Å². The SMILES string of the molecule is Cc1ccc(C)c(COC(=O)c2ccc3c(c2)NC(=O)CS3)c1. The van der Waals surface area contributed by atoms with Crippen LogP contribution < -0.4 is 5.32 Å². The largest absolute Gasteiger partial charge is 0.457 e. The monoisotopic (exact) mass is 327 g/mol. The van der Waals surface area contributed by atoms with E-state index in [-0.39, 0.29) is 12.5 Å². The highest BCUT2D eigenvalue weighted by atomic mass is 32.2. The fourth-order valence-corrected chi connectivity index (χ4v) is 3.18. The van der Waals surface area contributed by atoms with Crippen LogP contribution in [0.5, 0.6) is 0 Å². The fraction of sp³-hybridized carbons (Fsp3) is 0.222. The van der Waals surface area contributed by atoms with E-state index in [1.165, 1.54) is 11.8 Å². The van der Waals surface area contributed by atoms with Crippen LogP contribution in [0.25, 0.3) is 0 Å². The zero-order valence-corrected chi connectivity index (χ0v) is 13.8. The van der Waals surface area contributed by atoms with Crippen molar-refractivity contribution in [1.29, 1.82) is 0 Å². The zero-order chi connectivity index (χ0) is 16.4. The predicted molar refractivity (Wildman–Crippen MR) is 90.8 cm³/mol. The molecule has 0 saturated carbocycles. The van der Waals surface area contributed by atoms with Crippen LogP contribution in [0.15, 0.2) is 41.3 Å². The van der Waals surface area contributed by atoms with Crippen molar-refractivity contribution in [1.82, 2.24) is 0 Å². The van der Waals surface area contributed by atoms with E-state index < -0.39 is 5.97 Å². The van der Waals surface area contributed by atoms with E-state index in [4.69, 9.17) is 4.74 Å². The molecular weight excluding hydrogens is 310 g/mol. The second-order valence-electron chi connectivity index (χ2n) is 5.55. The molecule has 4 nitrogen and oxygen atoms in total. The first-order valence-corrected chi connectivity index (χ1v) is 8.31. The average molecular weight is 327 g/mol. The summed E-state index contributed by atoms with van der Waals surface area (Å²) in [6, 6.07) is 11.3. The lowest BCUT2D eigenvalue weighted by atomic mass is 10.1. The first-order chi connectivity index (χ1) is 11.0. The number of carbonyl (C=O) groups excluding carboxylic acids is 2. The zero-order valence-electron chi connectivity index (χ0n) is 13.0. The van der Waals surface area contributed by atoms with Gasteiger partial charge < -0.3 is 10.1 Å². The maximum absolute atomic E-state index is 12.2. The van der Waals surface area contributed by atoms with Crippen LogP contribution in [0, 0.1) is 13.8 Å². The van der Waals surface area contributed by atoms with Crippen LogP contribution in [0.1, 0.15) is 27.0 Å². The van der Waals surface area contributed by atoms with Crippen LogP contribution in [0.4, 0.5) is 5.69 Å². The summed E-state index contributed by atoms with van der Waals surface area (Å²) in [7, 11) is 0. The van der Waals surface area contributed by atoms with E-state index in [9.17, 15) is 9.59 Å². The Labute approximate surface area is 139 Å². The molecule has 0 fully saturated rings. The predicted octanol–water partition coefficient (Wildman–Crippen LogP) is 3.70. The van der Waals surface area contributed by atoms with Crippen molar-refractivity contribution >= 4 is 29.3 Å². The normalized spacial score (nSPS) is 13.2. The van der Waals surface area contributed by atoms with Crippen LogP contribution in [-0.4, -0.2) is 17.6 Å². The third-order valence-corrected chi connectivity index (χ3v) is 4.79. The lowest BCUT2D eigenvalue weighted by Gasteiger charge is -2.16. The van der Waals surface area contributed by atoms with Crippen LogP contribution in [-0.2, 0) is 16.1 Å². The summed E-state index contributed by atoms with van der Waals surface area (Å²) in [4.78, 5) is 24.6. The van der Waals surface area contributed by atoms with Gasteiger partial charge in [-0.05, 0) is 43.2 Å². The van der Waals surface area contributed by atoms with Gasteiger partial charge in [0.2, 0.25) is 5.91 Å². The van der Waals surface area contributed by atoms with E-state index in [0.29, 0.717) is 17.0 Å². The summed E-state index contributed by atoms with van der Waals surface area (Å²) in [5.74, 6) is -0.0365. The highest BCUT2D eigenvalue weighted by Gasteiger charge is 2.18. The molecule has 0 aromatic heterocycles. The number of hydrogen-bond acceptors (Lipinski definition) is 4. The molecule has 1 N–H and O–H groups in total. The lowest BCUT2D eigenvalue weighted by molar-refractivity contribution is -0.113. The van der Waals surface area contributed by atoms with Gasteiger partial charge >= 0.3 is 5.97 Å². The number of ether oxygens (including phenoxy) is 1. The van der Waals surface area contributed by atoms with Gasteiger partial charge in [0.1, 0.15) is 6.61 Å². The Morgan fingerprint density at radius 3 is 2.87 bits per heavy atom. The van der Waals surface area contributed by atoms with Crippen molar-refractivity contribution in [3.05, 3.63) is 58.7 Å². The molecule has 0 atom stereocenters. The Hall–Kier alpha value is -2.27. The summed E-state index contributed by atoms with van der Waals surface area (Å²) in [5, 5.41) is 2.78. The van der Waals surface area contributed by atoms with Gasteiger partial charge in [-0.15, -0.1) is 11.8 Å². The molecule has 1 aliphatic heterocycles. The maximum Gasteiger partial charge on any atom is 0.338 e. The van der Waals surface area contributed by atoms with Gasteiger partial charge in [0.05, 0.1) is 17.0 Å². The smallest absolute Gasteiger partial charge is 0.338 e. The molecule has 1 aliphatic rings. The highest BCUT2D eigenvalue weighted by Crippen LogP contribution is 2.32. The van der Waals surface area contributed by atoms with E-state index >= 15 is 0 Å². The van der Waals surface area contributed by atoms with Gasteiger partial charge in [-0.2, -0.15) is 0 Å². The molecule has 1 amide bonds. The van der Waals surface area contributed by atoms with Gasteiger partial charge in [-0.25, -0.2) is 4.79 Å². The second kappa shape index (κ2) is 6.46. The number of anilines is 1. The summed E-state index contributed by atoms with van der Waals surface area (Å²) >= 11 is 1.47.